The Kier molecular flexibility index (Phi) is 2.45. The third-order valence-electron chi connectivity index (χ3n) is 4.30. The predicted octanol–water partition coefficient (Wildman–Crippen LogP) is 3.33. The lowest BCUT2D eigenvalue weighted by Gasteiger charge is -2.31. The lowest BCUT2D eigenvalue weighted by atomic mass is 9.88. The van der Waals surface area contributed by atoms with Gasteiger partial charge in [-0.2, -0.15) is 0 Å². The van der Waals surface area contributed by atoms with Gasteiger partial charge in [-0.15, -0.1) is 0 Å². The first-order valence-electron chi connectivity index (χ1n) is 7.17. The van der Waals surface area contributed by atoms with Gasteiger partial charge < -0.3 is 10.6 Å². The normalized spacial score (nSPS) is 23.6. The Hall–Kier alpha value is -2.55. The van der Waals surface area contributed by atoms with Crippen LogP contribution >= 0.6 is 0 Å². The van der Waals surface area contributed by atoms with Crippen LogP contribution in [0.25, 0.3) is 16.3 Å². The van der Waals surface area contributed by atoms with Gasteiger partial charge in [0, 0.05) is 34.6 Å². The van der Waals surface area contributed by atoms with E-state index in [1.165, 1.54) is 33.2 Å². The highest BCUT2D eigenvalue weighted by molar-refractivity contribution is 5.99. The minimum atomic E-state index is -0.219. The Balaban J connectivity index is 1.98. The number of allylic oxidation sites excluding steroid dienone is 3. The van der Waals surface area contributed by atoms with Crippen molar-refractivity contribution in [2.24, 2.45) is 0 Å². The molecule has 0 amide bonds. The number of nitrogens with zero attached hydrogens (tertiary/aromatic N) is 1. The third-order valence-corrected chi connectivity index (χ3v) is 4.30. The molecule has 0 saturated carbocycles. The van der Waals surface area contributed by atoms with Gasteiger partial charge in [-0.1, -0.05) is 24.3 Å². The monoisotopic (exact) mass is 275 g/mol. The Morgan fingerprint density at radius 1 is 1.19 bits per heavy atom. The van der Waals surface area contributed by atoms with Crippen LogP contribution in [0.5, 0.6) is 0 Å². The highest BCUT2D eigenvalue weighted by atomic mass is 15.2. The average molecular weight is 275 g/mol. The molecule has 21 heavy (non-hydrogen) atoms. The molecular formula is C18H17N3. The molecule has 2 aliphatic heterocycles. The van der Waals surface area contributed by atoms with Crippen LogP contribution in [0.4, 0.5) is 0 Å². The summed E-state index contributed by atoms with van der Waals surface area (Å²) >= 11 is 0. The minimum absolute atomic E-state index is 0.219. The molecular weight excluding hydrogens is 258 g/mol. The molecule has 0 aliphatic carbocycles. The minimum Gasteiger partial charge on any atom is -0.365 e. The van der Waals surface area contributed by atoms with Crippen molar-refractivity contribution in [3.05, 3.63) is 71.8 Å². The van der Waals surface area contributed by atoms with Crippen LogP contribution in [0, 0.1) is 0 Å². The molecule has 0 spiro atoms. The molecule has 1 aromatic heterocycles. The van der Waals surface area contributed by atoms with Crippen molar-refractivity contribution < 1.29 is 0 Å². The topological polar surface area (TPSA) is 37.0 Å². The van der Waals surface area contributed by atoms with E-state index in [1.54, 1.807) is 0 Å². The molecule has 1 unspecified atom stereocenters. The molecule has 4 rings (SSSR count). The largest absolute Gasteiger partial charge is 0.365 e. The summed E-state index contributed by atoms with van der Waals surface area (Å²) in [5, 5.41) is 9.41. The summed E-state index contributed by atoms with van der Waals surface area (Å²) in [5.74, 6) is 0. The average Bonchev–Trinajstić information content (AvgIpc) is 2.76. The number of dihydropyridines is 1. The molecule has 3 heterocycles. The summed E-state index contributed by atoms with van der Waals surface area (Å²) in [7, 11) is 0. The van der Waals surface area contributed by atoms with E-state index in [-0.39, 0.29) is 5.66 Å². The lowest BCUT2D eigenvalue weighted by molar-refractivity contribution is 0.433. The first kappa shape index (κ1) is 12.2. The van der Waals surface area contributed by atoms with Crippen LogP contribution in [0.2, 0.25) is 0 Å². The molecule has 2 N–H and O–H groups in total. The summed E-state index contributed by atoms with van der Waals surface area (Å²) in [4.78, 5) is 4.22. The van der Waals surface area contributed by atoms with E-state index in [9.17, 15) is 0 Å². The van der Waals surface area contributed by atoms with Crippen LogP contribution in [0.15, 0.2) is 66.3 Å². The number of pyridine rings is 1. The fourth-order valence-corrected chi connectivity index (χ4v) is 3.37. The van der Waals surface area contributed by atoms with E-state index in [0.717, 1.165) is 0 Å². The van der Waals surface area contributed by atoms with Gasteiger partial charge >= 0.3 is 0 Å². The molecule has 3 heteroatoms. The van der Waals surface area contributed by atoms with Crippen LogP contribution < -0.4 is 10.6 Å². The summed E-state index contributed by atoms with van der Waals surface area (Å²) in [6.07, 6.45) is 10.0. The summed E-state index contributed by atoms with van der Waals surface area (Å²) in [6.45, 7) is 4.31. The highest BCUT2D eigenvalue weighted by Crippen LogP contribution is 2.41. The number of hydrogen-bond donors (Lipinski definition) is 2. The van der Waals surface area contributed by atoms with Crippen molar-refractivity contribution in [2.45, 2.75) is 19.5 Å². The second-order valence-corrected chi connectivity index (χ2v) is 5.74. The quantitative estimate of drug-likeness (QED) is 0.838. The van der Waals surface area contributed by atoms with E-state index in [0.29, 0.717) is 0 Å². The van der Waals surface area contributed by atoms with Gasteiger partial charge in [0.15, 0.2) is 0 Å². The Labute approximate surface area is 124 Å². The number of nitrogens with one attached hydrogen (secondary N) is 2. The molecule has 0 radical (unpaired) electrons. The van der Waals surface area contributed by atoms with E-state index >= 15 is 0 Å². The van der Waals surface area contributed by atoms with Gasteiger partial charge in [0.2, 0.25) is 0 Å². The molecule has 1 atom stereocenters. The maximum atomic E-state index is 4.22. The molecule has 0 fully saturated rings. The third kappa shape index (κ3) is 1.70. The first-order valence-corrected chi connectivity index (χ1v) is 7.17. The number of aromatic nitrogens is 1. The first-order chi connectivity index (χ1) is 10.2. The molecule has 2 aromatic rings. The Morgan fingerprint density at radius 3 is 3.00 bits per heavy atom. The zero-order valence-corrected chi connectivity index (χ0v) is 12.1. The summed E-state index contributed by atoms with van der Waals surface area (Å²) < 4.78 is 0. The molecule has 0 saturated heterocycles. The molecule has 104 valence electrons. The summed E-state index contributed by atoms with van der Waals surface area (Å²) in [5.41, 5.74) is 4.80. The number of hydrogen-bond acceptors (Lipinski definition) is 3. The van der Waals surface area contributed by atoms with E-state index in [2.05, 4.69) is 65.9 Å². The number of rotatable bonds is 1. The van der Waals surface area contributed by atoms with Gasteiger partial charge in [-0.3, -0.25) is 4.98 Å². The highest BCUT2D eigenvalue weighted by Gasteiger charge is 2.38. The zero-order valence-electron chi connectivity index (χ0n) is 12.1. The van der Waals surface area contributed by atoms with Crippen LogP contribution in [-0.2, 0) is 0 Å². The molecule has 3 nitrogen and oxygen atoms in total. The Morgan fingerprint density at radius 2 is 2.10 bits per heavy atom. The second-order valence-electron chi connectivity index (χ2n) is 5.74. The second kappa shape index (κ2) is 4.22. The SMILES string of the molecule is CC1=C(c2cccc3cnccc23)C2=CC=CNC2(C)N1. The van der Waals surface area contributed by atoms with E-state index in [4.69, 9.17) is 0 Å². The van der Waals surface area contributed by atoms with Crippen molar-refractivity contribution >= 4 is 16.3 Å². The molecule has 1 aromatic carbocycles. The van der Waals surface area contributed by atoms with E-state index in [1.807, 2.05) is 18.6 Å². The van der Waals surface area contributed by atoms with Gasteiger partial charge in [0.05, 0.1) is 0 Å². The number of fused-ring (bicyclic) bond motifs is 2. The van der Waals surface area contributed by atoms with E-state index < -0.39 is 0 Å². The zero-order chi connectivity index (χ0) is 14.4. The van der Waals surface area contributed by atoms with Gasteiger partial charge in [-0.05, 0) is 43.1 Å². The van der Waals surface area contributed by atoms with Crippen molar-refractivity contribution in [3.63, 3.8) is 0 Å². The van der Waals surface area contributed by atoms with Gasteiger partial charge in [0.1, 0.15) is 5.66 Å². The van der Waals surface area contributed by atoms with Crippen molar-refractivity contribution in [2.75, 3.05) is 0 Å². The maximum Gasteiger partial charge on any atom is 0.131 e. The number of benzene rings is 1. The smallest absolute Gasteiger partial charge is 0.131 e. The Bertz CT molecular complexity index is 824. The molecule has 2 aliphatic rings. The van der Waals surface area contributed by atoms with Crippen LogP contribution in [-0.4, -0.2) is 10.6 Å². The predicted molar refractivity (Wildman–Crippen MR) is 86.2 cm³/mol. The van der Waals surface area contributed by atoms with Gasteiger partial charge in [0.25, 0.3) is 0 Å². The van der Waals surface area contributed by atoms with Crippen molar-refractivity contribution in [1.29, 1.82) is 0 Å². The lowest BCUT2D eigenvalue weighted by Crippen LogP contribution is -2.50. The van der Waals surface area contributed by atoms with Crippen molar-refractivity contribution in [3.8, 4) is 0 Å². The fourth-order valence-electron chi connectivity index (χ4n) is 3.37. The molecule has 0 bridgehead atoms. The van der Waals surface area contributed by atoms with Crippen LogP contribution in [0.3, 0.4) is 0 Å². The fraction of sp³-hybridized carbons (Fsp3) is 0.167. The standard InChI is InChI=1S/C18H17N3/c1-12-17(16-7-4-9-20-18(16,2)21-12)15-6-3-5-13-11-19-10-8-14(13)15/h3-11,20-21H,1-2H3. The van der Waals surface area contributed by atoms with Crippen LogP contribution in [0.1, 0.15) is 19.4 Å². The summed E-state index contributed by atoms with van der Waals surface area (Å²) in [6, 6.07) is 8.49. The maximum absolute atomic E-state index is 4.22. The van der Waals surface area contributed by atoms with Crippen molar-refractivity contribution in [1.82, 2.24) is 15.6 Å². The van der Waals surface area contributed by atoms with Gasteiger partial charge in [-0.25, -0.2) is 0 Å².